The summed E-state index contributed by atoms with van der Waals surface area (Å²) in [6, 6.07) is 61.4. The van der Waals surface area contributed by atoms with Gasteiger partial charge in [-0.15, -0.1) is 0 Å². The van der Waals surface area contributed by atoms with Gasteiger partial charge in [0.25, 0.3) is 0 Å². The van der Waals surface area contributed by atoms with Gasteiger partial charge < -0.3 is 0 Å². The van der Waals surface area contributed by atoms with Crippen molar-refractivity contribution in [3.8, 4) is 67.4 Å². The van der Waals surface area contributed by atoms with E-state index in [2.05, 4.69) is 154 Å². The zero-order chi connectivity index (χ0) is 36.6. The number of hydrogen-bond donors (Lipinski definition) is 0. The largest absolute Gasteiger partial charge is 0.250 e. The van der Waals surface area contributed by atoms with Gasteiger partial charge in [0.1, 0.15) is 0 Å². The molecule has 9 rings (SSSR count). The third-order valence-corrected chi connectivity index (χ3v) is 9.99. The molecular weight excluding hydrogens is 657 g/mol. The Morgan fingerprint density at radius 2 is 0.870 bits per heavy atom. The summed E-state index contributed by atoms with van der Waals surface area (Å²) in [4.78, 5) is 20.6. The molecule has 0 aliphatic carbocycles. The normalized spacial score (nSPS) is 11.6. The molecule has 4 heteroatoms. The number of aromatic nitrogens is 4. The number of pyridine rings is 2. The quantitative estimate of drug-likeness (QED) is 0.163. The van der Waals surface area contributed by atoms with E-state index >= 15 is 0 Å². The predicted octanol–water partition coefficient (Wildman–Crippen LogP) is 12.9. The summed E-state index contributed by atoms with van der Waals surface area (Å²) in [5.74, 6) is 0.697. The zero-order valence-corrected chi connectivity index (χ0v) is 30.5. The van der Waals surface area contributed by atoms with E-state index in [4.69, 9.17) is 19.9 Å². The van der Waals surface area contributed by atoms with E-state index in [-0.39, 0.29) is 5.41 Å². The molecule has 0 aliphatic rings. The van der Waals surface area contributed by atoms with Crippen LogP contribution in [0.4, 0.5) is 0 Å². The first-order valence-corrected chi connectivity index (χ1v) is 18.4. The van der Waals surface area contributed by atoms with E-state index < -0.39 is 0 Å². The lowest BCUT2D eigenvalue weighted by Crippen LogP contribution is -2.13. The second-order valence-electron chi connectivity index (χ2n) is 14.8. The lowest BCUT2D eigenvalue weighted by molar-refractivity contribution is 0.571. The molecule has 0 aliphatic heterocycles. The zero-order valence-electron chi connectivity index (χ0n) is 30.5. The van der Waals surface area contributed by atoms with Gasteiger partial charge in [0.05, 0.1) is 28.1 Å². The molecule has 0 amide bonds. The summed E-state index contributed by atoms with van der Waals surface area (Å²) in [7, 11) is 0. The molecule has 0 bridgehead atoms. The molecule has 9 aromatic rings. The molecule has 4 nitrogen and oxygen atoms in total. The van der Waals surface area contributed by atoms with Crippen LogP contribution in [0.15, 0.2) is 176 Å². The van der Waals surface area contributed by atoms with Crippen molar-refractivity contribution in [2.75, 3.05) is 0 Å². The SMILES string of the molecule is CC(C)(C)c1ccc2ccc3c(-c4cccc(-c5ccc(-c6nc(-c7ccccc7)cc(-c7ccccc7)n6)cc5)c4)cc(-c4ccccc4)nc3c2n1. The number of fused-ring (bicyclic) bond motifs is 3. The second-order valence-corrected chi connectivity index (χ2v) is 14.8. The molecule has 258 valence electrons. The fourth-order valence-electron chi connectivity index (χ4n) is 7.05. The van der Waals surface area contributed by atoms with Gasteiger partial charge in [-0.25, -0.2) is 19.9 Å². The van der Waals surface area contributed by atoms with E-state index in [9.17, 15) is 0 Å². The third kappa shape index (κ3) is 6.44. The maximum atomic E-state index is 5.28. The minimum atomic E-state index is -0.0822. The Hall–Kier alpha value is -6.78. The molecule has 0 unspecified atom stereocenters. The van der Waals surface area contributed by atoms with Gasteiger partial charge in [-0.3, -0.25) is 0 Å². The van der Waals surface area contributed by atoms with Gasteiger partial charge in [-0.1, -0.05) is 172 Å². The summed E-state index contributed by atoms with van der Waals surface area (Å²) in [5, 5.41) is 2.17. The van der Waals surface area contributed by atoms with E-state index in [1.807, 2.05) is 42.5 Å². The first-order chi connectivity index (χ1) is 26.4. The van der Waals surface area contributed by atoms with Crippen molar-refractivity contribution in [3.63, 3.8) is 0 Å². The van der Waals surface area contributed by atoms with E-state index in [1.54, 1.807) is 0 Å². The fourth-order valence-corrected chi connectivity index (χ4v) is 7.05. The van der Waals surface area contributed by atoms with Crippen molar-refractivity contribution in [2.45, 2.75) is 26.2 Å². The summed E-state index contributed by atoms with van der Waals surface area (Å²) < 4.78 is 0. The number of nitrogens with zero attached hydrogens (tertiary/aromatic N) is 4. The topological polar surface area (TPSA) is 51.6 Å². The lowest BCUT2D eigenvalue weighted by Gasteiger charge is -2.19. The molecule has 0 fully saturated rings. The molecule has 0 saturated heterocycles. The molecular formula is C50H38N4. The van der Waals surface area contributed by atoms with Crippen LogP contribution < -0.4 is 0 Å². The summed E-state index contributed by atoms with van der Waals surface area (Å²) in [6.07, 6.45) is 0. The molecule has 0 atom stereocenters. The van der Waals surface area contributed by atoms with Crippen LogP contribution in [0.3, 0.4) is 0 Å². The van der Waals surface area contributed by atoms with Gasteiger partial charge in [-0.05, 0) is 46.5 Å². The van der Waals surface area contributed by atoms with E-state index in [0.29, 0.717) is 5.82 Å². The Kier molecular flexibility index (Phi) is 8.36. The van der Waals surface area contributed by atoms with E-state index in [0.717, 1.165) is 89.1 Å². The third-order valence-electron chi connectivity index (χ3n) is 9.99. The Morgan fingerprint density at radius 3 is 1.46 bits per heavy atom. The highest BCUT2D eigenvalue weighted by molar-refractivity contribution is 6.09. The van der Waals surface area contributed by atoms with Crippen molar-refractivity contribution >= 4 is 21.8 Å². The van der Waals surface area contributed by atoms with Crippen LogP contribution in [0.1, 0.15) is 26.5 Å². The average Bonchev–Trinajstić information content (AvgIpc) is 3.23. The van der Waals surface area contributed by atoms with Gasteiger partial charge in [-0.2, -0.15) is 0 Å². The number of rotatable bonds is 6. The summed E-state index contributed by atoms with van der Waals surface area (Å²) in [5.41, 5.74) is 14.2. The molecule has 3 aromatic heterocycles. The van der Waals surface area contributed by atoms with Crippen molar-refractivity contribution in [1.82, 2.24) is 19.9 Å². The van der Waals surface area contributed by atoms with Gasteiger partial charge in [0.2, 0.25) is 0 Å². The van der Waals surface area contributed by atoms with Crippen LogP contribution in [-0.4, -0.2) is 19.9 Å². The van der Waals surface area contributed by atoms with Crippen LogP contribution in [0.2, 0.25) is 0 Å². The Morgan fingerprint density at radius 1 is 0.352 bits per heavy atom. The van der Waals surface area contributed by atoms with Gasteiger partial charge in [0.15, 0.2) is 5.82 Å². The molecule has 0 spiro atoms. The van der Waals surface area contributed by atoms with Crippen molar-refractivity contribution in [1.29, 1.82) is 0 Å². The Labute approximate surface area is 315 Å². The second kappa shape index (κ2) is 13.6. The smallest absolute Gasteiger partial charge is 0.160 e. The average molecular weight is 695 g/mol. The first-order valence-electron chi connectivity index (χ1n) is 18.4. The maximum absolute atomic E-state index is 5.28. The fraction of sp³-hybridized carbons (Fsp3) is 0.0800. The van der Waals surface area contributed by atoms with Crippen LogP contribution in [-0.2, 0) is 5.41 Å². The molecule has 0 radical (unpaired) electrons. The highest BCUT2D eigenvalue weighted by Gasteiger charge is 2.19. The highest BCUT2D eigenvalue weighted by atomic mass is 14.9. The predicted molar refractivity (Wildman–Crippen MR) is 224 cm³/mol. The Balaban J connectivity index is 1.14. The van der Waals surface area contributed by atoms with Crippen LogP contribution in [0.25, 0.3) is 89.2 Å². The van der Waals surface area contributed by atoms with Crippen LogP contribution in [0.5, 0.6) is 0 Å². The highest BCUT2D eigenvalue weighted by Crippen LogP contribution is 2.38. The Bertz CT molecular complexity index is 2710. The molecule has 0 N–H and O–H groups in total. The van der Waals surface area contributed by atoms with Crippen molar-refractivity contribution < 1.29 is 0 Å². The molecule has 6 aromatic carbocycles. The van der Waals surface area contributed by atoms with Crippen molar-refractivity contribution in [3.05, 3.63) is 182 Å². The molecule has 3 heterocycles. The molecule has 0 saturated carbocycles. The molecule has 54 heavy (non-hydrogen) atoms. The summed E-state index contributed by atoms with van der Waals surface area (Å²) >= 11 is 0. The summed E-state index contributed by atoms with van der Waals surface area (Å²) in [6.45, 7) is 6.61. The van der Waals surface area contributed by atoms with Crippen molar-refractivity contribution in [2.24, 2.45) is 0 Å². The van der Waals surface area contributed by atoms with E-state index in [1.165, 1.54) is 0 Å². The van der Waals surface area contributed by atoms with Crippen LogP contribution in [0, 0.1) is 0 Å². The minimum absolute atomic E-state index is 0.0822. The lowest BCUT2D eigenvalue weighted by atomic mass is 9.90. The monoisotopic (exact) mass is 694 g/mol. The minimum Gasteiger partial charge on any atom is -0.250 e. The van der Waals surface area contributed by atoms with Gasteiger partial charge >= 0.3 is 0 Å². The first kappa shape index (κ1) is 33.1. The van der Waals surface area contributed by atoms with Crippen LogP contribution >= 0.6 is 0 Å². The van der Waals surface area contributed by atoms with Gasteiger partial charge in [0, 0.05) is 44.1 Å². The maximum Gasteiger partial charge on any atom is 0.160 e. The number of hydrogen-bond acceptors (Lipinski definition) is 4. The number of benzene rings is 6. The standard InChI is InChI=1S/C50H38N4/c1-50(2,3)46-29-27-37-26-28-41-42(31-43(34-14-7-4-8-15-34)51-48(41)47(37)54-46)40-21-13-20-39(30-40)33-22-24-38(25-23-33)49-52-44(35-16-9-5-10-17-35)32-45(53-49)36-18-11-6-12-19-36/h4-32H,1-3H3.